The standard InChI is InChI=1S/C20H19ClN4O3/c1-27-17-11-16(18(28-2)10-14(17)21)24-19(26)15-8-9-22-20(25-15)23-12-13-6-4-3-5-7-13/h3-11H,12H2,1-2H3,(H,24,26)(H,22,23,25). The molecule has 0 aliphatic rings. The van der Waals surface area contributed by atoms with E-state index in [-0.39, 0.29) is 5.69 Å². The van der Waals surface area contributed by atoms with Crippen LogP contribution in [0.4, 0.5) is 11.6 Å². The van der Waals surface area contributed by atoms with E-state index >= 15 is 0 Å². The largest absolute Gasteiger partial charge is 0.495 e. The molecular formula is C20H19ClN4O3. The van der Waals surface area contributed by atoms with Crippen LogP contribution in [0.25, 0.3) is 0 Å². The quantitative estimate of drug-likeness (QED) is 0.625. The summed E-state index contributed by atoms with van der Waals surface area (Å²) >= 11 is 6.09. The fraction of sp³-hybridized carbons (Fsp3) is 0.150. The maximum atomic E-state index is 12.6. The molecule has 3 rings (SSSR count). The van der Waals surface area contributed by atoms with E-state index in [1.165, 1.54) is 26.5 Å². The number of carbonyl (C=O) groups is 1. The normalized spacial score (nSPS) is 10.2. The summed E-state index contributed by atoms with van der Waals surface area (Å²) in [5.74, 6) is 0.784. The van der Waals surface area contributed by atoms with Crippen molar-refractivity contribution < 1.29 is 14.3 Å². The molecule has 1 aromatic heterocycles. The Kier molecular flexibility index (Phi) is 6.29. The summed E-state index contributed by atoms with van der Waals surface area (Å²) in [5.41, 5.74) is 1.71. The van der Waals surface area contributed by atoms with Crippen LogP contribution in [0.3, 0.4) is 0 Å². The van der Waals surface area contributed by atoms with E-state index in [0.717, 1.165) is 5.56 Å². The number of hydrogen-bond acceptors (Lipinski definition) is 6. The number of ether oxygens (including phenoxy) is 2. The van der Waals surface area contributed by atoms with E-state index in [2.05, 4.69) is 20.6 Å². The van der Waals surface area contributed by atoms with Crippen molar-refractivity contribution in [2.45, 2.75) is 6.54 Å². The van der Waals surface area contributed by atoms with Crippen LogP contribution in [0, 0.1) is 0 Å². The zero-order valence-electron chi connectivity index (χ0n) is 15.4. The number of methoxy groups -OCH3 is 2. The molecule has 0 saturated heterocycles. The molecule has 0 aliphatic carbocycles. The Morgan fingerprint density at radius 1 is 1.07 bits per heavy atom. The Morgan fingerprint density at radius 3 is 2.54 bits per heavy atom. The molecule has 0 spiro atoms. The number of carbonyl (C=O) groups excluding carboxylic acids is 1. The van der Waals surface area contributed by atoms with Gasteiger partial charge in [-0.2, -0.15) is 0 Å². The van der Waals surface area contributed by atoms with Crippen LogP contribution in [-0.2, 0) is 6.54 Å². The zero-order chi connectivity index (χ0) is 19.9. The third-order valence-corrected chi connectivity index (χ3v) is 4.20. The molecule has 8 heteroatoms. The maximum Gasteiger partial charge on any atom is 0.274 e. The van der Waals surface area contributed by atoms with Crippen molar-refractivity contribution in [3.05, 3.63) is 71.0 Å². The van der Waals surface area contributed by atoms with Gasteiger partial charge in [-0.25, -0.2) is 9.97 Å². The van der Waals surface area contributed by atoms with Crippen LogP contribution in [0.2, 0.25) is 5.02 Å². The van der Waals surface area contributed by atoms with Gasteiger partial charge >= 0.3 is 0 Å². The van der Waals surface area contributed by atoms with Crippen molar-refractivity contribution in [3.63, 3.8) is 0 Å². The van der Waals surface area contributed by atoms with Crippen LogP contribution < -0.4 is 20.1 Å². The van der Waals surface area contributed by atoms with Crippen molar-refractivity contribution in [2.75, 3.05) is 24.9 Å². The highest BCUT2D eigenvalue weighted by Crippen LogP contribution is 2.36. The molecule has 28 heavy (non-hydrogen) atoms. The minimum atomic E-state index is -0.409. The Bertz CT molecular complexity index is 967. The summed E-state index contributed by atoms with van der Waals surface area (Å²) in [5, 5.41) is 6.25. The molecule has 1 amide bonds. The lowest BCUT2D eigenvalue weighted by Gasteiger charge is -2.13. The summed E-state index contributed by atoms with van der Waals surface area (Å²) in [6, 6.07) is 14.5. The molecule has 7 nitrogen and oxygen atoms in total. The highest BCUT2D eigenvalue weighted by Gasteiger charge is 2.15. The fourth-order valence-electron chi connectivity index (χ4n) is 2.49. The van der Waals surface area contributed by atoms with Crippen molar-refractivity contribution in [1.82, 2.24) is 9.97 Å². The van der Waals surface area contributed by atoms with Gasteiger partial charge in [-0.15, -0.1) is 0 Å². The van der Waals surface area contributed by atoms with Gasteiger partial charge in [0.2, 0.25) is 5.95 Å². The second-order valence-corrected chi connectivity index (χ2v) is 6.15. The van der Waals surface area contributed by atoms with Gasteiger partial charge in [0, 0.05) is 24.9 Å². The fourth-order valence-corrected chi connectivity index (χ4v) is 2.72. The van der Waals surface area contributed by atoms with Gasteiger partial charge in [0.1, 0.15) is 17.2 Å². The van der Waals surface area contributed by atoms with Gasteiger partial charge in [-0.05, 0) is 11.6 Å². The van der Waals surface area contributed by atoms with Crippen LogP contribution in [0.5, 0.6) is 11.5 Å². The molecule has 1 heterocycles. The number of rotatable bonds is 7. The molecule has 0 unspecified atom stereocenters. The number of hydrogen-bond donors (Lipinski definition) is 2. The number of nitrogens with one attached hydrogen (secondary N) is 2. The lowest BCUT2D eigenvalue weighted by Crippen LogP contribution is -2.16. The van der Waals surface area contributed by atoms with Gasteiger partial charge < -0.3 is 20.1 Å². The van der Waals surface area contributed by atoms with Crippen LogP contribution in [0.1, 0.15) is 16.1 Å². The highest BCUT2D eigenvalue weighted by molar-refractivity contribution is 6.32. The summed E-state index contributed by atoms with van der Waals surface area (Å²) < 4.78 is 10.5. The van der Waals surface area contributed by atoms with Crippen molar-refractivity contribution in [3.8, 4) is 11.5 Å². The first-order valence-electron chi connectivity index (χ1n) is 8.44. The number of benzene rings is 2. The molecule has 0 fully saturated rings. The smallest absolute Gasteiger partial charge is 0.274 e. The average molecular weight is 399 g/mol. The van der Waals surface area contributed by atoms with E-state index in [1.807, 2.05) is 30.3 Å². The van der Waals surface area contributed by atoms with Crippen molar-refractivity contribution in [1.29, 1.82) is 0 Å². The first kappa shape index (κ1) is 19.4. The minimum absolute atomic E-state index is 0.210. The van der Waals surface area contributed by atoms with Crippen LogP contribution in [-0.4, -0.2) is 30.1 Å². The topological polar surface area (TPSA) is 85.4 Å². The third kappa shape index (κ3) is 4.69. The van der Waals surface area contributed by atoms with Crippen molar-refractivity contribution >= 4 is 29.1 Å². The SMILES string of the molecule is COc1cc(NC(=O)c2ccnc(NCc3ccccc3)n2)c(OC)cc1Cl. The summed E-state index contributed by atoms with van der Waals surface area (Å²) in [6.45, 7) is 0.550. The molecule has 0 saturated carbocycles. The van der Waals surface area contributed by atoms with Crippen molar-refractivity contribution in [2.24, 2.45) is 0 Å². The highest BCUT2D eigenvalue weighted by atomic mass is 35.5. The van der Waals surface area contributed by atoms with Crippen LogP contribution >= 0.6 is 11.6 Å². The van der Waals surface area contributed by atoms with E-state index < -0.39 is 5.91 Å². The molecule has 0 radical (unpaired) electrons. The lowest BCUT2D eigenvalue weighted by atomic mass is 10.2. The van der Waals surface area contributed by atoms with Gasteiger partial charge in [0.05, 0.1) is 24.9 Å². The van der Waals surface area contributed by atoms with Gasteiger partial charge in [0.25, 0.3) is 5.91 Å². The first-order chi connectivity index (χ1) is 13.6. The molecule has 2 aromatic carbocycles. The number of amides is 1. The molecule has 2 N–H and O–H groups in total. The van der Waals surface area contributed by atoms with E-state index in [9.17, 15) is 4.79 Å². The number of nitrogens with zero attached hydrogens (tertiary/aromatic N) is 2. The molecule has 3 aromatic rings. The Balaban J connectivity index is 1.74. The summed E-state index contributed by atoms with van der Waals surface area (Å²) in [4.78, 5) is 21.1. The summed E-state index contributed by atoms with van der Waals surface area (Å²) in [6.07, 6.45) is 1.52. The predicted molar refractivity (Wildman–Crippen MR) is 108 cm³/mol. The Morgan fingerprint density at radius 2 is 1.82 bits per heavy atom. The number of anilines is 2. The zero-order valence-corrected chi connectivity index (χ0v) is 16.2. The minimum Gasteiger partial charge on any atom is -0.495 e. The van der Waals surface area contributed by atoms with Crippen LogP contribution in [0.15, 0.2) is 54.7 Å². The Hall–Kier alpha value is -3.32. The number of aromatic nitrogens is 2. The monoisotopic (exact) mass is 398 g/mol. The lowest BCUT2D eigenvalue weighted by molar-refractivity contribution is 0.102. The molecule has 144 valence electrons. The average Bonchev–Trinajstić information content (AvgIpc) is 2.74. The second kappa shape index (κ2) is 9.05. The maximum absolute atomic E-state index is 12.6. The third-order valence-electron chi connectivity index (χ3n) is 3.90. The molecule has 0 atom stereocenters. The van der Waals surface area contributed by atoms with Gasteiger partial charge in [0.15, 0.2) is 0 Å². The molecule has 0 bridgehead atoms. The second-order valence-electron chi connectivity index (χ2n) is 5.75. The summed E-state index contributed by atoms with van der Waals surface area (Å²) in [7, 11) is 2.98. The van der Waals surface area contributed by atoms with E-state index in [4.69, 9.17) is 21.1 Å². The predicted octanol–water partition coefficient (Wildman–Crippen LogP) is 4.01. The van der Waals surface area contributed by atoms with E-state index in [1.54, 1.807) is 12.1 Å². The first-order valence-corrected chi connectivity index (χ1v) is 8.82. The van der Waals surface area contributed by atoms with Gasteiger partial charge in [-0.1, -0.05) is 41.9 Å². The Labute approximate surface area is 167 Å². The number of halogens is 1. The van der Waals surface area contributed by atoms with E-state index in [0.29, 0.717) is 34.7 Å². The molecular weight excluding hydrogens is 380 g/mol. The molecule has 0 aliphatic heterocycles. The van der Waals surface area contributed by atoms with Gasteiger partial charge in [-0.3, -0.25) is 4.79 Å².